The van der Waals surface area contributed by atoms with Crippen molar-refractivity contribution in [3.05, 3.63) is 64.4 Å². The van der Waals surface area contributed by atoms with E-state index in [4.69, 9.17) is 9.47 Å². The van der Waals surface area contributed by atoms with Crippen LogP contribution in [-0.2, 0) is 11.0 Å². The Morgan fingerprint density at radius 1 is 1.12 bits per heavy atom. The zero-order valence-electron chi connectivity index (χ0n) is 17.0. The number of hydrogen-bond donors (Lipinski definition) is 2. The first-order valence-electron chi connectivity index (χ1n) is 9.77. The lowest BCUT2D eigenvalue weighted by Gasteiger charge is -2.13. The molecule has 13 heteroatoms. The number of alkyl halides is 3. The summed E-state index contributed by atoms with van der Waals surface area (Å²) in [5.41, 5.74) is -0.868. The summed E-state index contributed by atoms with van der Waals surface area (Å²) in [6, 6.07) is 11.1. The molecule has 4 aromatic rings. The average Bonchev–Trinajstić information content (AvgIpc) is 3.42. The number of H-pyrrole nitrogens is 1. The van der Waals surface area contributed by atoms with E-state index in [-0.39, 0.29) is 34.9 Å². The minimum atomic E-state index is -4.61. The van der Waals surface area contributed by atoms with Gasteiger partial charge in [0.2, 0.25) is 12.7 Å². The van der Waals surface area contributed by atoms with Crippen molar-refractivity contribution in [3.8, 4) is 22.9 Å². The van der Waals surface area contributed by atoms with Crippen molar-refractivity contribution in [1.82, 2.24) is 19.6 Å². The van der Waals surface area contributed by atoms with Crippen LogP contribution in [0.1, 0.15) is 5.56 Å². The van der Waals surface area contributed by atoms with Crippen molar-refractivity contribution >= 4 is 29.0 Å². The molecule has 5 rings (SSSR count). The van der Waals surface area contributed by atoms with Crippen LogP contribution in [0.15, 0.2) is 58.5 Å². The number of amides is 1. The third-order valence-electron chi connectivity index (χ3n) is 4.79. The molecule has 0 fully saturated rings. The first-order chi connectivity index (χ1) is 16.3. The molecule has 0 unspecified atom stereocenters. The van der Waals surface area contributed by atoms with E-state index in [1.807, 2.05) is 0 Å². The topological polar surface area (TPSA) is 111 Å². The van der Waals surface area contributed by atoms with Gasteiger partial charge in [-0.1, -0.05) is 23.9 Å². The van der Waals surface area contributed by atoms with Gasteiger partial charge in [0, 0.05) is 11.6 Å². The van der Waals surface area contributed by atoms with Crippen LogP contribution >= 0.6 is 11.8 Å². The molecule has 9 nitrogen and oxygen atoms in total. The number of hydrogen-bond acceptors (Lipinski definition) is 7. The number of halogens is 3. The van der Waals surface area contributed by atoms with E-state index < -0.39 is 23.2 Å². The lowest BCUT2D eigenvalue weighted by Crippen LogP contribution is -2.18. The molecule has 0 radical (unpaired) electrons. The largest absolute Gasteiger partial charge is 0.454 e. The van der Waals surface area contributed by atoms with Gasteiger partial charge in [-0.3, -0.25) is 14.7 Å². The highest BCUT2D eigenvalue weighted by Gasteiger charge is 2.33. The molecular weight excluding hydrogens is 475 g/mol. The zero-order chi connectivity index (χ0) is 23.9. The van der Waals surface area contributed by atoms with E-state index >= 15 is 0 Å². The van der Waals surface area contributed by atoms with Crippen LogP contribution in [0.25, 0.3) is 17.0 Å². The van der Waals surface area contributed by atoms with Crippen molar-refractivity contribution in [1.29, 1.82) is 0 Å². The van der Waals surface area contributed by atoms with Crippen LogP contribution in [0, 0.1) is 0 Å². The molecule has 0 atom stereocenters. The number of aromatic nitrogens is 4. The average molecular weight is 489 g/mol. The molecule has 1 amide bonds. The number of carbonyl (C=O) groups is 1. The Labute approximate surface area is 192 Å². The van der Waals surface area contributed by atoms with Gasteiger partial charge in [0.1, 0.15) is 0 Å². The summed E-state index contributed by atoms with van der Waals surface area (Å²) in [5, 5.41) is 5.04. The molecular formula is C21H14F3N5O4S. The molecule has 2 aromatic heterocycles. The van der Waals surface area contributed by atoms with Gasteiger partial charge < -0.3 is 14.8 Å². The number of rotatable bonds is 5. The smallest absolute Gasteiger partial charge is 0.418 e. The Hall–Kier alpha value is -4.00. The van der Waals surface area contributed by atoms with Gasteiger partial charge in [-0.05, 0) is 30.3 Å². The highest BCUT2D eigenvalue weighted by Crippen LogP contribution is 2.36. The van der Waals surface area contributed by atoms with E-state index in [9.17, 15) is 22.8 Å². The number of nitrogens with zero attached hydrogens (tertiary/aromatic N) is 3. The molecule has 0 saturated carbocycles. The van der Waals surface area contributed by atoms with E-state index in [1.165, 1.54) is 28.8 Å². The second-order valence-corrected chi connectivity index (χ2v) is 8.03. The summed E-state index contributed by atoms with van der Waals surface area (Å²) in [4.78, 5) is 33.1. The van der Waals surface area contributed by atoms with Gasteiger partial charge in [0.15, 0.2) is 28.1 Å². The van der Waals surface area contributed by atoms with Gasteiger partial charge in [0.05, 0.1) is 17.0 Å². The number of aromatic amines is 1. The molecule has 1 aliphatic rings. The maximum atomic E-state index is 13.2. The van der Waals surface area contributed by atoms with Gasteiger partial charge in [-0.2, -0.15) is 13.2 Å². The van der Waals surface area contributed by atoms with Crippen LogP contribution in [0.3, 0.4) is 0 Å². The maximum absolute atomic E-state index is 13.2. The third-order valence-corrected chi connectivity index (χ3v) is 5.73. The molecule has 0 spiro atoms. The Balaban J connectivity index is 1.41. The first-order valence-corrected chi connectivity index (χ1v) is 10.8. The second-order valence-electron chi connectivity index (χ2n) is 7.09. The van der Waals surface area contributed by atoms with E-state index in [0.29, 0.717) is 17.1 Å². The Morgan fingerprint density at radius 3 is 2.74 bits per heavy atom. The molecule has 1 aliphatic heterocycles. The number of ether oxygens (including phenoxy) is 2. The number of anilines is 1. The van der Waals surface area contributed by atoms with Gasteiger partial charge in [0.25, 0.3) is 5.56 Å². The summed E-state index contributed by atoms with van der Waals surface area (Å²) in [6.07, 6.45) is -4.61. The zero-order valence-corrected chi connectivity index (χ0v) is 17.9. The number of para-hydroxylation sites is 1. The molecule has 2 aromatic carbocycles. The van der Waals surface area contributed by atoms with Crippen LogP contribution in [-0.4, -0.2) is 38.0 Å². The van der Waals surface area contributed by atoms with Crippen LogP contribution in [0.5, 0.6) is 11.5 Å². The summed E-state index contributed by atoms with van der Waals surface area (Å²) < 4.78 is 51.5. The molecule has 174 valence electrons. The minimum Gasteiger partial charge on any atom is -0.454 e. The van der Waals surface area contributed by atoms with Crippen LogP contribution in [0.4, 0.5) is 18.9 Å². The van der Waals surface area contributed by atoms with Gasteiger partial charge in [-0.25, -0.2) is 14.5 Å². The quantitative estimate of drug-likeness (QED) is 0.413. The molecule has 2 N–H and O–H groups in total. The number of fused-ring (bicyclic) bond motifs is 2. The van der Waals surface area contributed by atoms with Gasteiger partial charge >= 0.3 is 6.18 Å². The fraction of sp³-hybridized carbons (Fsp3) is 0.143. The lowest BCUT2D eigenvalue weighted by molar-refractivity contribution is -0.137. The fourth-order valence-electron chi connectivity index (χ4n) is 3.30. The molecule has 34 heavy (non-hydrogen) atoms. The van der Waals surface area contributed by atoms with Crippen molar-refractivity contribution in [2.24, 2.45) is 0 Å². The van der Waals surface area contributed by atoms with Crippen LogP contribution < -0.4 is 20.3 Å². The van der Waals surface area contributed by atoms with Crippen molar-refractivity contribution in [3.63, 3.8) is 0 Å². The molecule has 0 aliphatic carbocycles. The molecule has 3 heterocycles. The highest BCUT2D eigenvalue weighted by molar-refractivity contribution is 7.99. The van der Waals surface area contributed by atoms with E-state index in [0.717, 1.165) is 17.8 Å². The fourth-order valence-corrected chi connectivity index (χ4v) is 4.05. The summed E-state index contributed by atoms with van der Waals surface area (Å²) in [7, 11) is 0. The molecule has 0 saturated heterocycles. The Kier molecular flexibility index (Phi) is 5.40. The summed E-state index contributed by atoms with van der Waals surface area (Å²) in [5.74, 6) is 0.423. The number of benzene rings is 2. The maximum Gasteiger partial charge on any atom is 0.418 e. The Bertz CT molecular complexity index is 1470. The predicted octanol–water partition coefficient (Wildman–Crippen LogP) is 3.56. The second kappa shape index (κ2) is 8.41. The number of nitrogens with one attached hydrogen (secondary N) is 2. The van der Waals surface area contributed by atoms with Gasteiger partial charge in [-0.15, -0.1) is 0 Å². The number of carbonyl (C=O) groups excluding carboxylic acids is 1. The normalized spacial score (nSPS) is 12.8. The van der Waals surface area contributed by atoms with Crippen LogP contribution in [0.2, 0.25) is 0 Å². The summed E-state index contributed by atoms with van der Waals surface area (Å²) >= 11 is 0.931. The number of thioether (sulfide) groups is 1. The van der Waals surface area contributed by atoms with E-state index in [2.05, 4.69) is 20.4 Å². The SMILES string of the molecule is O=C(CSc1nc(-c2ccc3c(c2)OCO3)nc2cc(=O)[nH]n12)Nc1ccccc1C(F)(F)F. The van der Waals surface area contributed by atoms with Crippen molar-refractivity contribution in [2.75, 3.05) is 17.9 Å². The lowest BCUT2D eigenvalue weighted by atomic mass is 10.1. The first kappa shape index (κ1) is 21.8. The van der Waals surface area contributed by atoms with Crippen molar-refractivity contribution < 1.29 is 27.4 Å². The summed E-state index contributed by atoms with van der Waals surface area (Å²) in [6.45, 7) is 0.0968. The third kappa shape index (κ3) is 4.29. The van der Waals surface area contributed by atoms with Crippen molar-refractivity contribution in [2.45, 2.75) is 11.3 Å². The predicted molar refractivity (Wildman–Crippen MR) is 116 cm³/mol. The Morgan fingerprint density at radius 2 is 1.91 bits per heavy atom. The monoisotopic (exact) mass is 489 g/mol. The standard InChI is InChI=1S/C21H14F3N5O4S/c22-21(23,24)12-3-1-2-4-13(12)25-18(31)9-34-20-27-19(26-16-8-17(30)28-29(16)20)11-5-6-14-15(7-11)33-10-32-14/h1-8H,9-10H2,(H,25,31)(H,28,30). The minimum absolute atomic E-state index is 0.0968. The highest BCUT2D eigenvalue weighted by atomic mass is 32.2. The van der Waals surface area contributed by atoms with E-state index in [1.54, 1.807) is 18.2 Å². The molecule has 0 bridgehead atoms.